The van der Waals surface area contributed by atoms with E-state index in [1.807, 2.05) is 7.05 Å². The molecule has 0 saturated carbocycles. The third kappa shape index (κ3) is 2.51. The van der Waals surface area contributed by atoms with Gasteiger partial charge in [-0.25, -0.2) is 4.39 Å². The van der Waals surface area contributed by atoms with Crippen molar-refractivity contribution in [1.82, 2.24) is 4.57 Å². The topological polar surface area (TPSA) is 17.0 Å². The molecule has 2 aromatic rings. The summed E-state index contributed by atoms with van der Waals surface area (Å²) in [6, 6.07) is 6.61. The van der Waals surface area contributed by atoms with E-state index < -0.39 is 0 Å². The van der Waals surface area contributed by atoms with Crippen molar-refractivity contribution in [2.45, 2.75) is 20.4 Å². The molecule has 0 bridgehead atoms. The fourth-order valence-corrected chi connectivity index (χ4v) is 2.11. The van der Waals surface area contributed by atoms with Crippen molar-refractivity contribution in [3.05, 3.63) is 52.1 Å². The Labute approximate surface area is 111 Å². The van der Waals surface area contributed by atoms with Gasteiger partial charge in [-0.2, -0.15) is 0 Å². The first kappa shape index (κ1) is 13.0. The molecule has 0 saturated heterocycles. The molecule has 0 atom stereocenters. The van der Waals surface area contributed by atoms with E-state index in [-0.39, 0.29) is 5.82 Å². The molecule has 18 heavy (non-hydrogen) atoms. The number of anilines is 1. The first-order valence-corrected chi connectivity index (χ1v) is 6.17. The van der Waals surface area contributed by atoms with Gasteiger partial charge in [0, 0.05) is 30.0 Å². The second-order valence-corrected chi connectivity index (χ2v) is 4.87. The molecule has 0 aliphatic heterocycles. The Hall–Kier alpha value is -1.48. The van der Waals surface area contributed by atoms with Crippen LogP contribution in [0.1, 0.15) is 17.0 Å². The van der Waals surface area contributed by atoms with Gasteiger partial charge in [0.15, 0.2) is 0 Å². The third-order valence-electron chi connectivity index (χ3n) is 3.28. The maximum Gasteiger partial charge on any atom is 0.146 e. The molecule has 1 aromatic carbocycles. The smallest absolute Gasteiger partial charge is 0.146 e. The van der Waals surface area contributed by atoms with E-state index in [9.17, 15) is 4.39 Å². The van der Waals surface area contributed by atoms with Crippen LogP contribution in [0.15, 0.2) is 24.3 Å². The van der Waals surface area contributed by atoms with E-state index in [2.05, 4.69) is 29.8 Å². The van der Waals surface area contributed by atoms with Crippen LogP contribution in [0.5, 0.6) is 0 Å². The minimum Gasteiger partial charge on any atom is -0.378 e. The highest BCUT2D eigenvalue weighted by atomic mass is 35.5. The number of nitrogens with zero attached hydrogens (tertiary/aromatic N) is 1. The summed E-state index contributed by atoms with van der Waals surface area (Å²) in [6.07, 6.45) is 0. The van der Waals surface area contributed by atoms with Gasteiger partial charge < -0.3 is 9.88 Å². The summed E-state index contributed by atoms with van der Waals surface area (Å²) in [5.74, 6) is -0.287. The molecule has 4 heteroatoms. The fourth-order valence-electron chi connectivity index (χ4n) is 1.94. The molecular weight excluding hydrogens is 251 g/mol. The Morgan fingerprint density at radius 2 is 2.00 bits per heavy atom. The minimum atomic E-state index is -0.287. The van der Waals surface area contributed by atoms with Crippen LogP contribution in [0.2, 0.25) is 5.02 Å². The lowest BCUT2D eigenvalue weighted by Gasteiger charge is -2.08. The van der Waals surface area contributed by atoms with Crippen LogP contribution in [0.4, 0.5) is 10.1 Å². The van der Waals surface area contributed by atoms with Crippen molar-refractivity contribution in [3.63, 3.8) is 0 Å². The van der Waals surface area contributed by atoms with Crippen molar-refractivity contribution < 1.29 is 4.39 Å². The fraction of sp³-hybridized carbons (Fsp3) is 0.286. The molecule has 1 heterocycles. The van der Waals surface area contributed by atoms with E-state index in [1.165, 1.54) is 17.5 Å². The SMILES string of the molecule is Cc1cc(CNc2cc(Cl)ccc2F)c(C)n1C. The van der Waals surface area contributed by atoms with Crippen LogP contribution >= 0.6 is 11.6 Å². The van der Waals surface area contributed by atoms with Crippen LogP contribution < -0.4 is 5.32 Å². The quantitative estimate of drug-likeness (QED) is 0.887. The predicted molar refractivity (Wildman–Crippen MR) is 73.6 cm³/mol. The molecule has 2 nitrogen and oxygen atoms in total. The highest BCUT2D eigenvalue weighted by molar-refractivity contribution is 6.30. The Morgan fingerprint density at radius 1 is 1.28 bits per heavy atom. The summed E-state index contributed by atoms with van der Waals surface area (Å²) in [4.78, 5) is 0. The van der Waals surface area contributed by atoms with Gasteiger partial charge in [-0.05, 0) is 43.7 Å². The molecule has 1 aromatic heterocycles. The first-order chi connectivity index (χ1) is 8.49. The molecule has 96 valence electrons. The van der Waals surface area contributed by atoms with E-state index in [1.54, 1.807) is 12.1 Å². The van der Waals surface area contributed by atoms with Gasteiger partial charge in [-0.1, -0.05) is 11.6 Å². The number of halogens is 2. The number of aryl methyl sites for hydroxylation is 1. The van der Waals surface area contributed by atoms with Crippen molar-refractivity contribution in [3.8, 4) is 0 Å². The summed E-state index contributed by atoms with van der Waals surface area (Å²) >= 11 is 5.85. The van der Waals surface area contributed by atoms with Gasteiger partial charge in [0.05, 0.1) is 5.69 Å². The number of hydrogen-bond acceptors (Lipinski definition) is 1. The Bertz CT molecular complexity index is 575. The van der Waals surface area contributed by atoms with Gasteiger partial charge in [-0.15, -0.1) is 0 Å². The normalized spacial score (nSPS) is 10.7. The molecule has 0 radical (unpaired) electrons. The lowest BCUT2D eigenvalue weighted by molar-refractivity contribution is 0.630. The van der Waals surface area contributed by atoms with Crippen LogP contribution in [0, 0.1) is 19.7 Å². The molecule has 1 N–H and O–H groups in total. The standard InChI is InChI=1S/C14H16ClFN2/c1-9-6-11(10(2)18(9)3)8-17-14-7-12(15)4-5-13(14)16/h4-7,17H,8H2,1-3H3. The van der Waals surface area contributed by atoms with E-state index >= 15 is 0 Å². The summed E-state index contributed by atoms with van der Waals surface area (Å²) in [5, 5.41) is 3.61. The summed E-state index contributed by atoms with van der Waals surface area (Å²) < 4.78 is 15.6. The summed E-state index contributed by atoms with van der Waals surface area (Å²) in [6.45, 7) is 4.69. The van der Waals surface area contributed by atoms with E-state index in [4.69, 9.17) is 11.6 Å². The molecule has 0 aliphatic carbocycles. The molecule has 0 spiro atoms. The van der Waals surface area contributed by atoms with Crippen LogP contribution in [-0.4, -0.2) is 4.57 Å². The van der Waals surface area contributed by atoms with E-state index in [0.717, 1.165) is 5.56 Å². The molecule has 0 amide bonds. The maximum absolute atomic E-state index is 13.5. The zero-order valence-corrected chi connectivity index (χ0v) is 11.5. The van der Waals surface area contributed by atoms with Gasteiger partial charge in [-0.3, -0.25) is 0 Å². The average molecular weight is 267 g/mol. The number of rotatable bonds is 3. The van der Waals surface area contributed by atoms with Crippen molar-refractivity contribution in [2.75, 3.05) is 5.32 Å². The molecule has 0 aliphatic rings. The highest BCUT2D eigenvalue weighted by Crippen LogP contribution is 2.21. The van der Waals surface area contributed by atoms with Gasteiger partial charge >= 0.3 is 0 Å². The summed E-state index contributed by atoms with van der Waals surface area (Å²) in [5.41, 5.74) is 3.97. The Kier molecular flexibility index (Phi) is 3.62. The van der Waals surface area contributed by atoms with E-state index in [0.29, 0.717) is 17.3 Å². The lowest BCUT2D eigenvalue weighted by Crippen LogP contribution is -2.03. The van der Waals surface area contributed by atoms with Gasteiger partial charge in [0.1, 0.15) is 5.82 Å². The van der Waals surface area contributed by atoms with Crippen LogP contribution in [0.3, 0.4) is 0 Å². The third-order valence-corrected chi connectivity index (χ3v) is 3.51. The van der Waals surface area contributed by atoms with Crippen molar-refractivity contribution >= 4 is 17.3 Å². The highest BCUT2D eigenvalue weighted by Gasteiger charge is 2.07. The van der Waals surface area contributed by atoms with Crippen molar-refractivity contribution in [2.24, 2.45) is 7.05 Å². The lowest BCUT2D eigenvalue weighted by atomic mass is 10.2. The molecule has 0 fully saturated rings. The molecule has 2 rings (SSSR count). The Morgan fingerprint density at radius 3 is 2.61 bits per heavy atom. The number of aromatic nitrogens is 1. The van der Waals surface area contributed by atoms with Crippen molar-refractivity contribution in [1.29, 1.82) is 0 Å². The molecular formula is C14H16ClFN2. The number of benzene rings is 1. The zero-order chi connectivity index (χ0) is 13.3. The van der Waals surface area contributed by atoms with Gasteiger partial charge in [0.2, 0.25) is 0 Å². The number of hydrogen-bond donors (Lipinski definition) is 1. The maximum atomic E-state index is 13.5. The Balaban J connectivity index is 2.16. The zero-order valence-electron chi connectivity index (χ0n) is 10.7. The van der Waals surface area contributed by atoms with Crippen LogP contribution in [0.25, 0.3) is 0 Å². The predicted octanol–water partition coefficient (Wildman–Crippen LogP) is 4.05. The largest absolute Gasteiger partial charge is 0.378 e. The second-order valence-electron chi connectivity index (χ2n) is 4.43. The van der Waals surface area contributed by atoms with Crippen LogP contribution in [-0.2, 0) is 13.6 Å². The second kappa shape index (κ2) is 5.02. The summed E-state index contributed by atoms with van der Waals surface area (Å²) in [7, 11) is 2.02. The number of nitrogens with one attached hydrogen (secondary N) is 1. The minimum absolute atomic E-state index is 0.287. The molecule has 0 unspecified atom stereocenters. The van der Waals surface area contributed by atoms with Gasteiger partial charge in [0.25, 0.3) is 0 Å². The monoisotopic (exact) mass is 266 g/mol. The first-order valence-electron chi connectivity index (χ1n) is 5.79. The average Bonchev–Trinajstić information content (AvgIpc) is 2.58.